The van der Waals surface area contributed by atoms with Gasteiger partial charge in [0, 0.05) is 18.5 Å². The molecule has 0 amide bonds. The monoisotopic (exact) mass is 396 g/mol. The van der Waals surface area contributed by atoms with Gasteiger partial charge in [0.25, 0.3) is 5.56 Å². The Morgan fingerprint density at radius 2 is 1.96 bits per heavy atom. The number of aryl methyl sites for hydroxylation is 2. The number of rotatable bonds is 4. The van der Waals surface area contributed by atoms with Gasteiger partial charge in [0.1, 0.15) is 15.5 Å². The van der Waals surface area contributed by atoms with E-state index < -0.39 is 5.97 Å². The molecule has 1 aliphatic rings. The van der Waals surface area contributed by atoms with Gasteiger partial charge in [-0.1, -0.05) is 36.8 Å². The predicted molar refractivity (Wildman–Crippen MR) is 107 cm³/mol. The van der Waals surface area contributed by atoms with Gasteiger partial charge in [-0.15, -0.1) is 11.3 Å². The van der Waals surface area contributed by atoms with Crippen molar-refractivity contribution < 1.29 is 14.3 Å². The fourth-order valence-corrected chi connectivity index (χ4v) is 4.59. The van der Waals surface area contributed by atoms with Gasteiger partial charge in [-0.3, -0.25) is 14.2 Å². The minimum absolute atomic E-state index is 0.0879. The van der Waals surface area contributed by atoms with E-state index in [1.165, 1.54) is 0 Å². The number of Topliss-reactive ketones (excluding diaryl/α,β-unsaturated/α-hetero) is 1. The lowest BCUT2D eigenvalue weighted by molar-refractivity contribution is 0.0479. The largest absolute Gasteiger partial charge is 0.453 e. The number of nitrogens with zero attached hydrogens (tertiary/aromatic N) is 2. The molecular weight excluding hydrogens is 376 g/mol. The quantitative estimate of drug-likeness (QED) is 0.498. The molecular formula is C21H20N2O4S. The second-order valence-corrected chi connectivity index (χ2v) is 7.90. The molecule has 0 aliphatic carbocycles. The number of hydrogen-bond acceptors (Lipinski definition) is 6. The molecule has 6 nitrogen and oxygen atoms in total. The third-order valence-corrected chi connectivity index (χ3v) is 6.19. The van der Waals surface area contributed by atoms with Crippen molar-refractivity contribution in [2.24, 2.45) is 0 Å². The van der Waals surface area contributed by atoms with Crippen LogP contribution < -0.4 is 5.56 Å². The molecule has 0 fully saturated rings. The minimum atomic E-state index is -0.593. The zero-order valence-electron chi connectivity index (χ0n) is 15.6. The second kappa shape index (κ2) is 7.67. The Bertz CT molecular complexity index is 1110. The molecule has 0 saturated carbocycles. The third-order valence-electron chi connectivity index (χ3n) is 5.03. The molecule has 144 valence electrons. The topological polar surface area (TPSA) is 78.3 Å². The molecule has 3 heterocycles. The maximum Gasteiger partial charge on any atom is 0.349 e. The van der Waals surface area contributed by atoms with Crippen LogP contribution in [0.2, 0.25) is 0 Å². The first-order valence-corrected chi connectivity index (χ1v) is 10.2. The summed E-state index contributed by atoms with van der Waals surface area (Å²) in [5.74, 6) is -0.0718. The Morgan fingerprint density at radius 1 is 1.18 bits per heavy atom. The Hall–Kier alpha value is -2.80. The Morgan fingerprint density at radius 3 is 2.75 bits per heavy atom. The Kier molecular flexibility index (Phi) is 5.09. The molecule has 0 radical (unpaired) electrons. The van der Waals surface area contributed by atoms with E-state index in [0.29, 0.717) is 32.8 Å². The van der Waals surface area contributed by atoms with Crippen molar-refractivity contribution in [1.82, 2.24) is 9.55 Å². The molecule has 0 atom stereocenters. The summed E-state index contributed by atoms with van der Waals surface area (Å²) >= 11 is 1.16. The third kappa shape index (κ3) is 3.38. The number of esters is 1. The van der Waals surface area contributed by atoms with Gasteiger partial charge >= 0.3 is 5.97 Å². The van der Waals surface area contributed by atoms with E-state index in [4.69, 9.17) is 4.74 Å². The van der Waals surface area contributed by atoms with Crippen LogP contribution in [0.25, 0.3) is 10.2 Å². The van der Waals surface area contributed by atoms with Crippen LogP contribution in [0.1, 0.15) is 50.7 Å². The van der Waals surface area contributed by atoms with Crippen molar-refractivity contribution in [3.63, 3.8) is 0 Å². The van der Waals surface area contributed by atoms with Gasteiger partial charge in [0.15, 0.2) is 12.4 Å². The van der Waals surface area contributed by atoms with Crippen LogP contribution >= 0.6 is 11.3 Å². The highest BCUT2D eigenvalue weighted by Crippen LogP contribution is 2.29. The molecule has 4 rings (SSSR count). The summed E-state index contributed by atoms with van der Waals surface area (Å²) in [5.41, 5.74) is 0.983. The summed E-state index contributed by atoms with van der Waals surface area (Å²) < 4.78 is 6.96. The van der Waals surface area contributed by atoms with Crippen LogP contribution in [0, 0.1) is 6.92 Å². The zero-order chi connectivity index (χ0) is 19.7. The van der Waals surface area contributed by atoms with Gasteiger partial charge in [-0.05, 0) is 25.3 Å². The summed E-state index contributed by atoms with van der Waals surface area (Å²) in [6.45, 7) is 2.07. The summed E-state index contributed by atoms with van der Waals surface area (Å²) in [4.78, 5) is 43.2. The normalized spacial score (nSPS) is 13.8. The highest BCUT2D eigenvalue weighted by Gasteiger charge is 2.23. The van der Waals surface area contributed by atoms with Crippen LogP contribution in [-0.2, 0) is 17.7 Å². The SMILES string of the molecule is Cc1c(C(=O)OCC(=O)c2ccccc2)sc2nc3n(c(=O)c12)CCCCC3. The lowest BCUT2D eigenvalue weighted by Crippen LogP contribution is -2.24. The molecule has 0 N–H and O–H groups in total. The van der Waals surface area contributed by atoms with Gasteiger partial charge in [-0.25, -0.2) is 9.78 Å². The van der Waals surface area contributed by atoms with Crippen LogP contribution in [0.3, 0.4) is 0 Å². The van der Waals surface area contributed by atoms with Crippen molar-refractivity contribution in [2.45, 2.75) is 39.2 Å². The van der Waals surface area contributed by atoms with Gasteiger partial charge in [0.05, 0.1) is 5.39 Å². The highest BCUT2D eigenvalue weighted by atomic mass is 32.1. The second-order valence-electron chi connectivity index (χ2n) is 6.90. The van der Waals surface area contributed by atoms with Crippen molar-refractivity contribution in [1.29, 1.82) is 0 Å². The standard InChI is InChI=1S/C21H20N2O4S/c1-13-17-19(22-16-10-6-3-7-11-23(16)20(17)25)28-18(13)21(26)27-12-15(24)14-8-4-2-5-9-14/h2,4-5,8-9H,3,6-7,10-12H2,1H3. The van der Waals surface area contributed by atoms with Crippen LogP contribution in [0.4, 0.5) is 0 Å². The fraction of sp³-hybridized carbons (Fsp3) is 0.333. The average Bonchev–Trinajstić information content (AvgIpc) is 2.88. The first-order valence-electron chi connectivity index (χ1n) is 9.34. The van der Waals surface area contributed by atoms with E-state index in [0.717, 1.165) is 42.8 Å². The van der Waals surface area contributed by atoms with E-state index in [-0.39, 0.29) is 17.9 Å². The van der Waals surface area contributed by atoms with Gasteiger partial charge < -0.3 is 4.74 Å². The van der Waals surface area contributed by atoms with Crippen LogP contribution in [-0.4, -0.2) is 27.9 Å². The van der Waals surface area contributed by atoms with Crippen LogP contribution in [0.5, 0.6) is 0 Å². The zero-order valence-corrected chi connectivity index (χ0v) is 16.4. The van der Waals surface area contributed by atoms with E-state index >= 15 is 0 Å². The van der Waals surface area contributed by atoms with E-state index in [2.05, 4.69) is 4.98 Å². The molecule has 0 spiro atoms. The smallest absolute Gasteiger partial charge is 0.349 e. The number of thiophene rings is 1. The lowest BCUT2D eigenvalue weighted by atomic mass is 10.1. The van der Waals surface area contributed by atoms with E-state index in [1.54, 1.807) is 35.8 Å². The summed E-state index contributed by atoms with van der Waals surface area (Å²) in [7, 11) is 0. The molecule has 3 aromatic rings. The fourth-order valence-electron chi connectivity index (χ4n) is 3.51. The first kappa shape index (κ1) is 18.6. The van der Waals surface area contributed by atoms with Crippen LogP contribution in [0.15, 0.2) is 35.1 Å². The molecule has 1 aromatic carbocycles. The number of ketones is 1. The van der Waals surface area contributed by atoms with Crippen molar-refractivity contribution in [2.75, 3.05) is 6.61 Å². The maximum atomic E-state index is 13.0. The minimum Gasteiger partial charge on any atom is -0.453 e. The van der Waals surface area contributed by atoms with Gasteiger partial charge in [0.2, 0.25) is 0 Å². The first-order chi connectivity index (χ1) is 13.6. The average molecular weight is 396 g/mol. The molecule has 28 heavy (non-hydrogen) atoms. The lowest BCUT2D eigenvalue weighted by Gasteiger charge is -2.08. The summed E-state index contributed by atoms with van der Waals surface area (Å²) in [6.07, 6.45) is 3.83. The predicted octanol–water partition coefficient (Wildman–Crippen LogP) is 3.53. The highest BCUT2D eigenvalue weighted by molar-refractivity contribution is 7.20. The Balaban J connectivity index is 1.61. The number of hydrogen-bond donors (Lipinski definition) is 0. The number of carbonyl (C=O) groups excluding carboxylic acids is 2. The molecule has 0 unspecified atom stereocenters. The number of benzene rings is 1. The number of carbonyl (C=O) groups is 2. The van der Waals surface area contributed by atoms with Crippen molar-refractivity contribution in [3.05, 3.63) is 62.5 Å². The Labute approximate surface area is 165 Å². The summed E-state index contributed by atoms with van der Waals surface area (Å²) in [6, 6.07) is 8.69. The molecule has 1 aliphatic heterocycles. The number of fused-ring (bicyclic) bond motifs is 2. The molecule has 2 aromatic heterocycles. The molecule has 0 saturated heterocycles. The number of ether oxygens (including phenoxy) is 1. The molecule has 0 bridgehead atoms. The summed E-state index contributed by atoms with van der Waals surface area (Å²) in [5, 5.41) is 0.483. The van der Waals surface area contributed by atoms with Crippen molar-refractivity contribution >= 4 is 33.3 Å². The maximum absolute atomic E-state index is 13.0. The number of aromatic nitrogens is 2. The van der Waals surface area contributed by atoms with Gasteiger partial charge in [-0.2, -0.15) is 0 Å². The van der Waals surface area contributed by atoms with E-state index in [9.17, 15) is 14.4 Å². The molecule has 7 heteroatoms. The van der Waals surface area contributed by atoms with Crippen molar-refractivity contribution in [3.8, 4) is 0 Å². The van der Waals surface area contributed by atoms with E-state index in [1.807, 2.05) is 6.07 Å².